The van der Waals surface area contributed by atoms with Gasteiger partial charge in [-0.1, -0.05) is 39.0 Å². The number of para-hydroxylation sites is 1. The fourth-order valence-electron chi connectivity index (χ4n) is 1.68. The number of aryl methyl sites for hydroxylation is 1. The van der Waals surface area contributed by atoms with Crippen LogP contribution < -0.4 is 10.1 Å². The van der Waals surface area contributed by atoms with Crippen LogP contribution in [0.5, 0.6) is 5.75 Å². The fraction of sp³-hybridized carbons (Fsp3) is 0.533. The van der Waals surface area contributed by atoms with Gasteiger partial charge in [0.15, 0.2) is 6.10 Å². The molecule has 1 N–H and O–H groups in total. The summed E-state index contributed by atoms with van der Waals surface area (Å²) in [5.41, 5.74) is 2.18. The normalized spacial score (nSPS) is 12.2. The standard InChI is InChI=1S/C15H22N2O/c1-5-14(9-16)18-15-12(4)7-6-8-13(15)10-17-11(2)3/h6-8,11,14,17H,5,10H2,1-4H3. The van der Waals surface area contributed by atoms with Gasteiger partial charge in [-0.2, -0.15) is 5.26 Å². The number of hydrogen-bond acceptors (Lipinski definition) is 3. The van der Waals surface area contributed by atoms with Gasteiger partial charge in [0.25, 0.3) is 0 Å². The van der Waals surface area contributed by atoms with Gasteiger partial charge in [-0.15, -0.1) is 0 Å². The maximum absolute atomic E-state index is 9.00. The van der Waals surface area contributed by atoms with Crippen molar-refractivity contribution < 1.29 is 4.74 Å². The predicted molar refractivity (Wildman–Crippen MR) is 73.5 cm³/mol. The van der Waals surface area contributed by atoms with Crippen LogP contribution in [0.15, 0.2) is 18.2 Å². The van der Waals surface area contributed by atoms with E-state index in [1.807, 2.05) is 32.0 Å². The van der Waals surface area contributed by atoms with Crippen molar-refractivity contribution in [2.45, 2.75) is 52.8 Å². The van der Waals surface area contributed by atoms with Crippen LogP contribution in [0.25, 0.3) is 0 Å². The molecule has 1 rings (SSSR count). The highest BCUT2D eigenvalue weighted by molar-refractivity contribution is 5.41. The van der Waals surface area contributed by atoms with Gasteiger partial charge in [-0.25, -0.2) is 0 Å². The van der Waals surface area contributed by atoms with E-state index in [2.05, 4.69) is 25.2 Å². The molecule has 98 valence electrons. The largest absolute Gasteiger partial charge is 0.475 e. The topological polar surface area (TPSA) is 45.0 Å². The van der Waals surface area contributed by atoms with Crippen LogP contribution in [0.2, 0.25) is 0 Å². The van der Waals surface area contributed by atoms with E-state index in [4.69, 9.17) is 10.00 Å². The van der Waals surface area contributed by atoms with Crippen molar-refractivity contribution in [2.75, 3.05) is 0 Å². The van der Waals surface area contributed by atoms with Crippen molar-refractivity contribution in [1.29, 1.82) is 5.26 Å². The Balaban J connectivity index is 2.90. The average molecular weight is 246 g/mol. The van der Waals surface area contributed by atoms with E-state index in [1.165, 1.54) is 0 Å². The van der Waals surface area contributed by atoms with Crippen LogP contribution in [0.4, 0.5) is 0 Å². The van der Waals surface area contributed by atoms with Crippen LogP contribution >= 0.6 is 0 Å². The van der Waals surface area contributed by atoms with Gasteiger partial charge < -0.3 is 10.1 Å². The zero-order valence-electron chi connectivity index (χ0n) is 11.7. The Kier molecular flexibility index (Phi) is 5.67. The van der Waals surface area contributed by atoms with E-state index in [-0.39, 0.29) is 6.10 Å². The predicted octanol–water partition coefficient (Wildman–Crippen LogP) is 3.17. The molecular weight excluding hydrogens is 224 g/mol. The third-order valence-electron chi connectivity index (χ3n) is 2.77. The molecule has 0 spiro atoms. The van der Waals surface area contributed by atoms with Gasteiger partial charge in [-0.3, -0.25) is 0 Å². The molecule has 0 aliphatic carbocycles. The Hall–Kier alpha value is -1.53. The minimum atomic E-state index is -0.371. The van der Waals surface area contributed by atoms with Gasteiger partial charge in [0, 0.05) is 18.2 Å². The number of rotatable bonds is 6. The molecule has 0 aliphatic rings. The van der Waals surface area contributed by atoms with Gasteiger partial charge >= 0.3 is 0 Å². The van der Waals surface area contributed by atoms with Gasteiger partial charge in [0.05, 0.1) is 0 Å². The number of ether oxygens (including phenoxy) is 1. The molecule has 0 aromatic heterocycles. The Morgan fingerprint density at radius 1 is 1.39 bits per heavy atom. The van der Waals surface area contributed by atoms with Crippen LogP contribution in [-0.2, 0) is 6.54 Å². The third-order valence-corrected chi connectivity index (χ3v) is 2.77. The van der Waals surface area contributed by atoms with Crippen molar-refractivity contribution in [1.82, 2.24) is 5.32 Å². The second kappa shape index (κ2) is 7.03. The summed E-state index contributed by atoms with van der Waals surface area (Å²) in [4.78, 5) is 0. The van der Waals surface area contributed by atoms with E-state index in [0.29, 0.717) is 12.5 Å². The highest BCUT2D eigenvalue weighted by atomic mass is 16.5. The van der Waals surface area contributed by atoms with E-state index >= 15 is 0 Å². The maximum atomic E-state index is 9.00. The molecule has 0 amide bonds. The Bertz CT molecular complexity index is 421. The second-order valence-electron chi connectivity index (χ2n) is 4.74. The summed E-state index contributed by atoms with van der Waals surface area (Å²) < 4.78 is 5.81. The molecule has 1 aromatic rings. The lowest BCUT2D eigenvalue weighted by atomic mass is 10.1. The SMILES string of the molecule is CCC(C#N)Oc1c(C)cccc1CNC(C)C. The summed E-state index contributed by atoms with van der Waals surface area (Å²) >= 11 is 0. The first-order valence-electron chi connectivity index (χ1n) is 6.46. The molecule has 0 saturated carbocycles. The van der Waals surface area contributed by atoms with Crippen LogP contribution in [0.1, 0.15) is 38.3 Å². The zero-order valence-corrected chi connectivity index (χ0v) is 11.7. The Morgan fingerprint density at radius 2 is 2.11 bits per heavy atom. The van der Waals surface area contributed by atoms with Gasteiger partial charge in [0.2, 0.25) is 0 Å². The lowest BCUT2D eigenvalue weighted by molar-refractivity contribution is 0.247. The number of nitriles is 1. The first-order valence-corrected chi connectivity index (χ1v) is 6.46. The van der Waals surface area contributed by atoms with Crippen LogP contribution in [0.3, 0.4) is 0 Å². The Morgan fingerprint density at radius 3 is 2.67 bits per heavy atom. The highest BCUT2D eigenvalue weighted by Crippen LogP contribution is 2.25. The van der Waals surface area contributed by atoms with E-state index in [0.717, 1.165) is 23.4 Å². The molecule has 0 aliphatic heterocycles. The first kappa shape index (κ1) is 14.5. The summed E-state index contributed by atoms with van der Waals surface area (Å²) in [5.74, 6) is 0.846. The van der Waals surface area contributed by atoms with Crippen molar-refractivity contribution in [3.8, 4) is 11.8 Å². The molecule has 0 saturated heterocycles. The van der Waals surface area contributed by atoms with E-state index < -0.39 is 0 Å². The summed E-state index contributed by atoms with van der Waals surface area (Å²) in [5, 5.41) is 12.4. The molecule has 0 radical (unpaired) electrons. The van der Waals surface area contributed by atoms with Crippen molar-refractivity contribution in [2.24, 2.45) is 0 Å². The lowest BCUT2D eigenvalue weighted by Gasteiger charge is -2.18. The van der Waals surface area contributed by atoms with Crippen molar-refractivity contribution in [3.63, 3.8) is 0 Å². The molecule has 1 aromatic carbocycles. The summed E-state index contributed by atoms with van der Waals surface area (Å²) in [6.45, 7) is 8.95. The molecule has 1 atom stereocenters. The summed E-state index contributed by atoms with van der Waals surface area (Å²) in [6, 6.07) is 8.68. The quantitative estimate of drug-likeness (QED) is 0.838. The molecule has 0 heterocycles. The second-order valence-corrected chi connectivity index (χ2v) is 4.74. The maximum Gasteiger partial charge on any atom is 0.184 e. The number of nitrogens with one attached hydrogen (secondary N) is 1. The van der Waals surface area contributed by atoms with Gasteiger partial charge in [0.1, 0.15) is 11.8 Å². The summed E-state index contributed by atoms with van der Waals surface area (Å²) in [7, 11) is 0. The fourth-order valence-corrected chi connectivity index (χ4v) is 1.68. The molecule has 3 heteroatoms. The number of benzene rings is 1. The van der Waals surface area contributed by atoms with Crippen LogP contribution in [0, 0.1) is 18.3 Å². The number of nitrogens with zero attached hydrogens (tertiary/aromatic N) is 1. The lowest BCUT2D eigenvalue weighted by Crippen LogP contribution is -2.23. The third kappa shape index (κ3) is 4.05. The highest BCUT2D eigenvalue weighted by Gasteiger charge is 2.12. The van der Waals surface area contributed by atoms with Crippen molar-refractivity contribution in [3.05, 3.63) is 29.3 Å². The minimum absolute atomic E-state index is 0.371. The molecule has 1 unspecified atom stereocenters. The zero-order chi connectivity index (χ0) is 13.5. The first-order chi connectivity index (χ1) is 8.58. The van der Waals surface area contributed by atoms with E-state index in [1.54, 1.807) is 0 Å². The summed E-state index contributed by atoms with van der Waals surface area (Å²) in [6.07, 6.45) is 0.325. The molecule has 18 heavy (non-hydrogen) atoms. The molecular formula is C15H22N2O. The average Bonchev–Trinajstić information content (AvgIpc) is 2.35. The van der Waals surface area contributed by atoms with Crippen LogP contribution in [-0.4, -0.2) is 12.1 Å². The monoisotopic (exact) mass is 246 g/mol. The molecule has 3 nitrogen and oxygen atoms in total. The number of hydrogen-bond donors (Lipinski definition) is 1. The van der Waals surface area contributed by atoms with E-state index in [9.17, 15) is 0 Å². The minimum Gasteiger partial charge on any atom is -0.475 e. The van der Waals surface area contributed by atoms with Crippen molar-refractivity contribution >= 4 is 0 Å². The molecule has 0 bridgehead atoms. The Labute approximate surface area is 110 Å². The van der Waals surface area contributed by atoms with Gasteiger partial charge in [-0.05, 0) is 18.9 Å². The molecule has 0 fully saturated rings. The smallest absolute Gasteiger partial charge is 0.184 e.